The lowest BCUT2D eigenvalue weighted by atomic mass is 9.90. The summed E-state index contributed by atoms with van der Waals surface area (Å²) in [4.78, 5) is 6.68. The standard InChI is InChI=1S/C14H22N4/c1-14(2,3)8-11-13(15)18-9-10(17(4)5)6-7-12(18)16-11/h6-7,9H,8,15H2,1-5H3. The molecule has 2 heterocycles. The van der Waals surface area contributed by atoms with Gasteiger partial charge in [0.1, 0.15) is 11.5 Å². The molecule has 0 aliphatic rings. The number of aromatic nitrogens is 2. The van der Waals surface area contributed by atoms with E-state index in [1.165, 1.54) is 0 Å². The highest BCUT2D eigenvalue weighted by atomic mass is 15.1. The Balaban J connectivity index is 2.50. The van der Waals surface area contributed by atoms with Crippen molar-refractivity contribution in [1.82, 2.24) is 9.38 Å². The van der Waals surface area contributed by atoms with E-state index in [2.05, 4.69) is 36.7 Å². The first-order chi connectivity index (χ1) is 8.28. The molecular formula is C14H22N4. The van der Waals surface area contributed by atoms with Gasteiger partial charge in [-0.05, 0) is 24.0 Å². The number of fused-ring (bicyclic) bond motifs is 1. The van der Waals surface area contributed by atoms with Crippen LogP contribution in [0.25, 0.3) is 5.65 Å². The van der Waals surface area contributed by atoms with Crippen LogP contribution in [0.4, 0.5) is 11.5 Å². The van der Waals surface area contributed by atoms with E-state index in [0.29, 0.717) is 0 Å². The van der Waals surface area contributed by atoms with Crippen LogP contribution in [0.1, 0.15) is 26.5 Å². The molecule has 0 atom stereocenters. The number of nitrogen functional groups attached to an aromatic ring is 1. The number of hydrogen-bond acceptors (Lipinski definition) is 3. The van der Waals surface area contributed by atoms with Crippen molar-refractivity contribution >= 4 is 17.2 Å². The number of nitrogens with zero attached hydrogens (tertiary/aromatic N) is 3. The Labute approximate surface area is 108 Å². The van der Waals surface area contributed by atoms with Crippen LogP contribution in [0, 0.1) is 5.41 Å². The normalized spacial score (nSPS) is 12.1. The van der Waals surface area contributed by atoms with Crippen LogP contribution in [-0.2, 0) is 6.42 Å². The summed E-state index contributed by atoms with van der Waals surface area (Å²) in [6.45, 7) is 6.59. The first kappa shape index (κ1) is 12.7. The van der Waals surface area contributed by atoms with Gasteiger partial charge in [0, 0.05) is 20.3 Å². The molecule has 0 amide bonds. The predicted molar refractivity (Wildman–Crippen MR) is 77.1 cm³/mol. The third-order valence-corrected chi connectivity index (χ3v) is 2.93. The summed E-state index contributed by atoms with van der Waals surface area (Å²) in [6.07, 6.45) is 2.92. The first-order valence-electron chi connectivity index (χ1n) is 6.22. The quantitative estimate of drug-likeness (QED) is 0.886. The van der Waals surface area contributed by atoms with E-state index < -0.39 is 0 Å². The number of anilines is 2. The SMILES string of the molecule is CN(C)c1ccc2nc(CC(C)(C)C)c(N)n2c1. The van der Waals surface area contributed by atoms with Crippen LogP contribution in [0.15, 0.2) is 18.3 Å². The monoisotopic (exact) mass is 246 g/mol. The Morgan fingerprint density at radius 1 is 1.28 bits per heavy atom. The van der Waals surface area contributed by atoms with Crippen LogP contribution in [0.3, 0.4) is 0 Å². The van der Waals surface area contributed by atoms with Crippen molar-refractivity contribution in [3.05, 3.63) is 24.0 Å². The topological polar surface area (TPSA) is 46.6 Å². The van der Waals surface area contributed by atoms with Gasteiger partial charge in [0.25, 0.3) is 0 Å². The maximum atomic E-state index is 6.20. The summed E-state index contributed by atoms with van der Waals surface area (Å²) in [5.74, 6) is 0.753. The van der Waals surface area contributed by atoms with Crippen molar-refractivity contribution in [3.63, 3.8) is 0 Å². The summed E-state index contributed by atoms with van der Waals surface area (Å²) in [5, 5.41) is 0. The molecule has 0 aliphatic heterocycles. The maximum Gasteiger partial charge on any atom is 0.138 e. The minimum absolute atomic E-state index is 0.191. The van der Waals surface area contributed by atoms with Crippen LogP contribution >= 0.6 is 0 Å². The second-order valence-corrected chi connectivity index (χ2v) is 6.19. The summed E-state index contributed by atoms with van der Waals surface area (Å²) >= 11 is 0. The second kappa shape index (κ2) is 4.19. The summed E-state index contributed by atoms with van der Waals surface area (Å²) in [5.41, 5.74) is 9.41. The molecule has 0 saturated heterocycles. The average molecular weight is 246 g/mol. The van der Waals surface area contributed by atoms with E-state index in [0.717, 1.165) is 29.3 Å². The maximum absolute atomic E-state index is 6.20. The number of rotatable bonds is 2. The lowest BCUT2D eigenvalue weighted by molar-refractivity contribution is 0.408. The number of pyridine rings is 1. The van der Waals surface area contributed by atoms with Crippen LogP contribution in [-0.4, -0.2) is 23.5 Å². The second-order valence-electron chi connectivity index (χ2n) is 6.19. The molecule has 2 aromatic heterocycles. The Hall–Kier alpha value is -1.71. The lowest BCUT2D eigenvalue weighted by Crippen LogP contribution is -2.11. The molecule has 2 rings (SSSR count). The van der Waals surface area contributed by atoms with Gasteiger partial charge < -0.3 is 10.6 Å². The van der Waals surface area contributed by atoms with Gasteiger partial charge in [-0.15, -0.1) is 0 Å². The van der Waals surface area contributed by atoms with Gasteiger partial charge in [0.05, 0.1) is 11.4 Å². The molecule has 0 unspecified atom stereocenters. The van der Waals surface area contributed by atoms with E-state index in [4.69, 9.17) is 5.73 Å². The van der Waals surface area contributed by atoms with Gasteiger partial charge in [-0.2, -0.15) is 0 Å². The molecule has 0 aromatic carbocycles. The zero-order valence-corrected chi connectivity index (χ0v) is 11.9. The number of nitrogens with two attached hydrogens (primary N) is 1. The van der Waals surface area contributed by atoms with Gasteiger partial charge in [-0.25, -0.2) is 4.98 Å². The largest absolute Gasteiger partial charge is 0.383 e. The molecule has 2 N–H and O–H groups in total. The lowest BCUT2D eigenvalue weighted by Gasteiger charge is -2.16. The zero-order chi connectivity index (χ0) is 13.5. The van der Waals surface area contributed by atoms with Crippen molar-refractivity contribution in [2.45, 2.75) is 27.2 Å². The molecule has 98 valence electrons. The van der Waals surface area contributed by atoms with Gasteiger partial charge >= 0.3 is 0 Å². The van der Waals surface area contributed by atoms with E-state index in [-0.39, 0.29) is 5.41 Å². The smallest absolute Gasteiger partial charge is 0.138 e. The van der Waals surface area contributed by atoms with Gasteiger partial charge in [-0.1, -0.05) is 20.8 Å². The summed E-state index contributed by atoms with van der Waals surface area (Å²) < 4.78 is 1.97. The summed E-state index contributed by atoms with van der Waals surface area (Å²) in [6, 6.07) is 4.07. The predicted octanol–water partition coefficient (Wildman–Crippen LogP) is 2.57. The van der Waals surface area contributed by atoms with E-state index in [1.807, 2.05) is 30.8 Å². The average Bonchev–Trinajstić information content (AvgIpc) is 2.53. The van der Waals surface area contributed by atoms with Crippen molar-refractivity contribution < 1.29 is 0 Å². The Kier molecular flexibility index (Phi) is 2.97. The highest BCUT2D eigenvalue weighted by Gasteiger charge is 2.17. The van der Waals surface area contributed by atoms with Crippen LogP contribution in [0.2, 0.25) is 0 Å². The Morgan fingerprint density at radius 3 is 2.50 bits per heavy atom. The molecule has 0 fully saturated rings. The van der Waals surface area contributed by atoms with Crippen LogP contribution in [0.5, 0.6) is 0 Å². The summed E-state index contributed by atoms with van der Waals surface area (Å²) in [7, 11) is 4.04. The van der Waals surface area contributed by atoms with Gasteiger partial charge in [0.2, 0.25) is 0 Å². The van der Waals surface area contributed by atoms with E-state index in [1.54, 1.807) is 0 Å². The van der Waals surface area contributed by atoms with Crippen molar-refractivity contribution in [2.75, 3.05) is 24.7 Å². The third-order valence-electron chi connectivity index (χ3n) is 2.93. The number of hydrogen-bond donors (Lipinski definition) is 1. The fourth-order valence-corrected chi connectivity index (χ4v) is 2.00. The highest BCUT2D eigenvalue weighted by molar-refractivity contribution is 5.58. The van der Waals surface area contributed by atoms with Crippen LogP contribution < -0.4 is 10.6 Å². The molecule has 0 bridgehead atoms. The molecular weight excluding hydrogens is 224 g/mol. The molecule has 0 spiro atoms. The molecule has 18 heavy (non-hydrogen) atoms. The highest BCUT2D eigenvalue weighted by Crippen LogP contribution is 2.26. The minimum atomic E-state index is 0.191. The molecule has 0 aliphatic carbocycles. The third kappa shape index (κ3) is 2.42. The van der Waals surface area contributed by atoms with Crippen molar-refractivity contribution in [2.24, 2.45) is 5.41 Å². The Morgan fingerprint density at radius 2 is 1.94 bits per heavy atom. The Bertz CT molecular complexity index is 561. The van der Waals surface area contributed by atoms with Crippen molar-refractivity contribution in [1.29, 1.82) is 0 Å². The molecule has 2 aromatic rings. The van der Waals surface area contributed by atoms with Gasteiger partial charge in [0.15, 0.2) is 0 Å². The molecule has 4 nitrogen and oxygen atoms in total. The molecule has 0 saturated carbocycles. The minimum Gasteiger partial charge on any atom is -0.383 e. The van der Waals surface area contributed by atoms with Gasteiger partial charge in [-0.3, -0.25) is 4.40 Å². The van der Waals surface area contributed by atoms with E-state index in [9.17, 15) is 0 Å². The first-order valence-corrected chi connectivity index (χ1v) is 6.22. The zero-order valence-electron chi connectivity index (χ0n) is 11.9. The molecule has 0 radical (unpaired) electrons. The van der Waals surface area contributed by atoms with Crippen molar-refractivity contribution in [3.8, 4) is 0 Å². The van der Waals surface area contributed by atoms with E-state index >= 15 is 0 Å². The fraction of sp³-hybridized carbons (Fsp3) is 0.500. The molecule has 4 heteroatoms. The fourth-order valence-electron chi connectivity index (χ4n) is 2.00. The number of imidazole rings is 1.